The fourth-order valence-electron chi connectivity index (χ4n) is 1.52. The molecule has 0 saturated heterocycles. The smallest absolute Gasteiger partial charge is 0.253 e. The van der Waals surface area contributed by atoms with Gasteiger partial charge in [0.15, 0.2) is 0 Å². The quantitative estimate of drug-likeness (QED) is 0.755. The van der Waals surface area contributed by atoms with Gasteiger partial charge in [-0.25, -0.2) is 0 Å². The van der Waals surface area contributed by atoms with E-state index in [4.69, 9.17) is 0 Å². The predicted octanol–water partition coefficient (Wildman–Crippen LogP) is 2.97. The van der Waals surface area contributed by atoms with Gasteiger partial charge in [-0.05, 0) is 31.7 Å². The number of hydrogen-bond acceptors (Lipinski definition) is 1. The topological polar surface area (TPSA) is 22.0 Å². The summed E-state index contributed by atoms with van der Waals surface area (Å²) in [6, 6.07) is 3.80. The summed E-state index contributed by atoms with van der Waals surface area (Å²) in [5.74, 6) is 0.664. The second-order valence-electron chi connectivity index (χ2n) is 4.06. The Morgan fingerprint density at radius 2 is 2.20 bits per heavy atom. The molecular weight excluding hydrogens is 254 g/mol. The molecule has 0 N–H and O–H groups in total. The van der Waals surface area contributed by atoms with E-state index in [1.165, 1.54) is 6.42 Å². The zero-order chi connectivity index (χ0) is 11.3. The zero-order valence-electron chi connectivity index (χ0n) is 9.37. The number of aryl methyl sites for hydroxylation is 2. The fraction of sp³-hybridized carbons (Fsp3) is 0.583. The Balaban J connectivity index is 2.58. The van der Waals surface area contributed by atoms with Crippen LogP contribution in [0, 0.1) is 12.8 Å². The van der Waals surface area contributed by atoms with Crippen LogP contribution in [0.2, 0.25) is 0 Å². The molecule has 0 aromatic carbocycles. The molecule has 0 fully saturated rings. The maximum atomic E-state index is 11.7. The number of nitrogens with zero attached hydrogens (tertiary/aromatic N) is 1. The maximum absolute atomic E-state index is 11.7. The molecule has 3 heteroatoms. The van der Waals surface area contributed by atoms with Crippen molar-refractivity contribution in [3.63, 3.8) is 0 Å². The van der Waals surface area contributed by atoms with Crippen LogP contribution in [-0.2, 0) is 6.54 Å². The molecule has 1 atom stereocenters. The third-order valence-electron chi connectivity index (χ3n) is 2.68. The molecule has 15 heavy (non-hydrogen) atoms. The van der Waals surface area contributed by atoms with Crippen molar-refractivity contribution in [1.29, 1.82) is 0 Å². The van der Waals surface area contributed by atoms with Gasteiger partial charge >= 0.3 is 0 Å². The Bertz CT molecular complexity index is 359. The van der Waals surface area contributed by atoms with Crippen LogP contribution in [0.3, 0.4) is 0 Å². The van der Waals surface area contributed by atoms with E-state index >= 15 is 0 Å². The Kier molecular flexibility index (Phi) is 5.09. The molecule has 0 aliphatic carbocycles. The van der Waals surface area contributed by atoms with E-state index in [0.29, 0.717) is 5.92 Å². The van der Waals surface area contributed by atoms with Gasteiger partial charge in [0.25, 0.3) is 5.56 Å². The highest BCUT2D eigenvalue weighted by atomic mass is 79.9. The lowest BCUT2D eigenvalue weighted by atomic mass is 10.1. The summed E-state index contributed by atoms with van der Waals surface area (Å²) < 4.78 is 1.81. The molecule has 1 aromatic rings. The number of hydrogen-bond donors (Lipinski definition) is 0. The highest BCUT2D eigenvalue weighted by Crippen LogP contribution is 2.09. The van der Waals surface area contributed by atoms with Crippen molar-refractivity contribution in [2.75, 3.05) is 5.33 Å². The molecule has 0 aliphatic rings. The Morgan fingerprint density at radius 1 is 1.47 bits per heavy atom. The molecule has 0 saturated carbocycles. The van der Waals surface area contributed by atoms with Crippen molar-refractivity contribution < 1.29 is 0 Å². The summed E-state index contributed by atoms with van der Waals surface area (Å²) in [6.07, 6.45) is 4.10. The van der Waals surface area contributed by atoms with Crippen molar-refractivity contribution >= 4 is 15.9 Å². The minimum Gasteiger partial charge on any atom is -0.315 e. The second kappa shape index (κ2) is 6.11. The predicted molar refractivity (Wildman–Crippen MR) is 67.6 cm³/mol. The maximum Gasteiger partial charge on any atom is 0.253 e. The van der Waals surface area contributed by atoms with Crippen LogP contribution in [0.1, 0.15) is 25.3 Å². The van der Waals surface area contributed by atoms with Gasteiger partial charge in [0.05, 0.1) is 0 Å². The number of alkyl halides is 1. The van der Waals surface area contributed by atoms with Crippen LogP contribution in [0.15, 0.2) is 23.1 Å². The molecule has 1 aromatic heterocycles. The molecule has 0 aliphatic heterocycles. The fourth-order valence-corrected chi connectivity index (χ4v) is 2.30. The number of halogens is 1. The highest BCUT2D eigenvalue weighted by molar-refractivity contribution is 9.09. The standard InChI is InChI=1S/C12H18BrNO/c1-10(5-7-13)6-9-14-8-3-4-11(2)12(14)15/h3-4,8,10H,5-7,9H2,1-2H3. The largest absolute Gasteiger partial charge is 0.315 e. The summed E-state index contributed by atoms with van der Waals surface area (Å²) in [6.45, 7) is 4.91. The first kappa shape index (κ1) is 12.5. The summed E-state index contributed by atoms with van der Waals surface area (Å²) in [5.41, 5.74) is 0.967. The lowest BCUT2D eigenvalue weighted by molar-refractivity contribution is 0.466. The zero-order valence-corrected chi connectivity index (χ0v) is 11.0. The molecule has 0 spiro atoms. The molecule has 1 rings (SSSR count). The van der Waals surface area contributed by atoms with Gasteiger partial charge in [-0.3, -0.25) is 4.79 Å². The van der Waals surface area contributed by atoms with Gasteiger partial charge in [0, 0.05) is 23.6 Å². The molecule has 0 amide bonds. The van der Waals surface area contributed by atoms with Gasteiger partial charge in [-0.1, -0.05) is 28.9 Å². The number of aromatic nitrogens is 1. The van der Waals surface area contributed by atoms with Crippen molar-refractivity contribution in [1.82, 2.24) is 4.57 Å². The van der Waals surface area contributed by atoms with Gasteiger partial charge in [0.2, 0.25) is 0 Å². The summed E-state index contributed by atoms with van der Waals surface area (Å²) in [4.78, 5) is 11.7. The molecule has 1 heterocycles. The average Bonchev–Trinajstić information content (AvgIpc) is 2.21. The lowest BCUT2D eigenvalue weighted by Gasteiger charge is -2.11. The Labute approximate surface area is 99.4 Å². The molecule has 84 valence electrons. The lowest BCUT2D eigenvalue weighted by Crippen LogP contribution is -2.22. The van der Waals surface area contributed by atoms with Crippen LogP contribution in [0.25, 0.3) is 0 Å². The second-order valence-corrected chi connectivity index (χ2v) is 4.85. The monoisotopic (exact) mass is 271 g/mol. The summed E-state index contributed by atoms with van der Waals surface area (Å²) in [7, 11) is 0. The minimum atomic E-state index is 0.142. The molecular formula is C12H18BrNO. The first-order valence-corrected chi connectivity index (χ1v) is 6.49. The van der Waals surface area contributed by atoms with Crippen LogP contribution in [0.4, 0.5) is 0 Å². The van der Waals surface area contributed by atoms with E-state index in [-0.39, 0.29) is 5.56 Å². The van der Waals surface area contributed by atoms with Crippen molar-refractivity contribution in [2.45, 2.75) is 33.2 Å². The van der Waals surface area contributed by atoms with Crippen molar-refractivity contribution in [3.8, 4) is 0 Å². The molecule has 0 bridgehead atoms. The SMILES string of the molecule is Cc1cccn(CCC(C)CCBr)c1=O. The van der Waals surface area contributed by atoms with Crippen LogP contribution < -0.4 is 5.56 Å². The minimum absolute atomic E-state index is 0.142. The third kappa shape index (κ3) is 3.82. The highest BCUT2D eigenvalue weighted by Gasteiger charge is 2.03. The van der Waals surface area contributed by atoms with E-state index in [9.17, 15) is 4.79 Å². The number of pyridine rings is 1. The molecule has 1 unspecified atom stereocenters. The van der Waals surface area contributed by atoms with E-state index in [0.717, 1.165) is 23.9 Å². The van der Waals surface area contributed by atoms with E-state index in [1.807, 2.05) is 25.3 Å². The first-order chi connectivity index (χ1) is 7.15. The number of rotatable bonds is 5. The van der Waals surface area contributed by atoms with Gasteiger partial charge in [-0.15, -0.1) is 0 Å². The van der Waals surface area contributed by atoms with E-state index in [1.54, 1.807) is 4.57 Å². The van der Waals surface area contributed by atoms with Crippen LogP contribution >= 0.6 is 15.9 Å². The first-order valence-electron chi connectivity index (χ1n) is 5.37. The summed E-state index contributed by atoms with van der Waals surface area (Å²) in [5, 5.41) is 1.04. The Hall–Kier alpha value is -0.570. The van der Waals surface area contributed by atoms with E-state index in [2.05, 4.69) is 22.9 Å². The van der Waals surface area contributed by atoms with Crippen LogP contribution in [-0.4, -0.2) is 9.90 Å². The average molecular weight is 272 g/mol. The van der Waals surface area contributed by atoms with E-state index < -0.39 is 0 Å². The van der Waals surface area contributed by atoms with Gasteiger partial charge < -0.3 is 4.57 Å². The van der Waals surface area contributed by atoms with Gasteiger partial charge in [-0.2, -0.15) is 0 Å². The third-order valence-corrected chi connectivity index (χ3v) is 3.13. The normalized spacial score (nSPS) is 12.7. The Morgan fingerprint density at radius 3 is 2.87 bits per heavy atom. The van der Waals surface area contributed by atoms with Crippen LogP contribution in [0.5, 0.6) is 0 Å². The molecule has 2 nitrogen and oxygen atoms in total. The van der Waals surface area contributed by atoms with Gasteiger partial charge in [0.1, 0.15) is 0 Å². The summed E-state index contributed by atoms with van der Waals surface area (Å²) >= 11 is 3.43. The van der Waals surface area contributed by atoms with Crippen molar-refractivity contribution in [3.05, 3.63) is 34.2 Å². The van der Waals surface area contributed by atoms with Crippen molar-refractivity contribution in [2.24, 2.45) is 5.92 Å². The molecule has 0 radical (unpaired) electrons.